The number of halogens is 1. The Hall–Kier alpha value is -2.09. The maximum atomic E-state index is 12.7. The van der Waals surface area contributed by atoms with Crippen LogP contribution in [0.2, 0.25) is 5.02 Å². The van der Waals surface area contributed by atoms with Crippen molar-refractivity contribution in [1.29, 1.82) is 0 Å². The van der Waals surface area contributed by atoms with E-state index in [-0.39, 0.29) is 9.92 Å². The number of hydrogen-bond acceptors (Lipinski definition) is 4. The highest BCUT2D eigenvalue weighted by Crippen LogP contribution is 2.29. The second-order valence-corrected chi connectivity index (χ2v) is 7.35. The summed E-state index contributed by atoms with van der Waals surface area (Å²) in [6, 6.07) is 12.4. The number of nitrogens with two attached hydrogens (primary N) is 1. The average molecular weight is 369 g/mol. The zero-order valence-corrected chi connectivity index (χ0v) is 14.7. The van der Waals surface area contributed by atoms with Gasteiger partial charge in [-0.3, -0.25) is 4.79 Å². The Kier molecular flexibility index (Phi) is 5.17. The van der Waals surface area contributed by atoms with Gasteiger partial charge in [-0.05, 0) is 30.7 Å². The topological polar surface area (TPSA) is 98.5 Å². The zero-order valence-electron chi connectivity index (χ0n) is 13.1. The standard InChI is InChI=1S/C16H17ClN2O4S/c1-16(15(18)20,11-6-4-3-5-7-11)19-24(21,22)12-8-9-14(23-2)13(17)10-12/h3-10,19H,1-2H3,(H2,18,20)/t16-/m0/s1. The van der Waals surface area contributed by atoms with Crippen molar-refractivity contribution in [2.45, 2.75) is 17.4 Å². The van der Waals surface area contributed by atoms with E-state index in [9.17, 15) is 13.2 Å². The minimum atomic E-state index is -4.05. The van der Waals surface area contributed by atoms with E-state index in [0.717, 1.165) is 0 Å². The summed E-state index contributed by atoms with van der Waals surface area (Å²) < 4.78 is 32.7. The predicted molar refractivity (Wildman–Crippen MR) is 91.3 cm³/mol. The molecule has 0 saturated carbocycles. The van der Waals surface area contributed by atoms with Gasteiger partial charge >= 0.3 is 0 Å². The van der Waals surface area contributed by atoms with Crippen molar-refractivity contribution < 1.29 is 17.9 Å². The van der Waals surface area contributed by atoms with Crippen LogP contribution in [0.3, 0.4) is 0 Å². The van der Waals surface area contributed by atoms with Gasteiger partial charge in [-0.2, -0.15) is 4.72 Å². The molecule has 2 rings (SSSR count). The summed E-state index contributed by atoms with van der Waals surface area (Å²) in [4.78, 5) is 11.8. The van der Waals surface area contributed by atoms with Crippen LogP contribution in [0.4, 0.5) is 0 Å². The van der Waals surface area contributed by atoms with Crippen molar-refractivity contribution in [3.8, 4) is 5.75 Å². The first kappa shape index (κ1) is 18.3. The molecular formula is C16H17ClN2O4S. The van der Waals surface area contributed by atoms with E-state index in [0.29, 0.717) is 11.3 Å². The molecular weight excluding hydrogens is 352 g/mol. The SMILES string of the molecule is COc1ccc(S(=O)(=O)N[C@](C)(C(N)=O)c2ccccc2)cc1Cl. The molecule has 8 heteroatoms. The molecule has 2 aromatic carbocycles. The molecule has 1 amide bonds. The Bertz CT molecular complexity index is 856. The van der Waals surface area contributed by atoms with Crippen LogP contribution in [-0.2, 0) is 20.4 Å². The van der Waals surface area contributed by atoms with Gasteiger partial charge in [-0.1, -0.05) is 41.9 Å². The molecule has 0 aliphatic rings. The summed E-state index contributed by atoms with van der Waals surface area (Å²) in [6.07, 6.45) is 0. The lowest BCUT2D eigenvalue weighted by Crippen LogP contribution is -2.52. The number of rotatable bonds is 6. The molecule has 0 spiro atoms. The number of benzene rings is 2. The van der Waals surface area contributed by atoms with Gasteiger partial charge in [-0.15, -0.1) is 0 Å². The lowest BCUT2D eigenvalue weighted by atomic mass is 9.93. The number of carbonyl (C=O) groups is 1. The molecule has 0 aliphatic heterocycles. The molecule has 0 saturated heterocycles. The molecule has 6 nitrogen and oxygen atoms in total. The lowest BCUT2D eigenvalue weighted by Gasteiger charge is -2.27. The predicted octanol–water partition coefficient (Wildman–Crippen LogP) is 2.03. The van der Waals surface area contributed by atoms with Gasteiger partial charge in [0.05, 0.1) is 17.0 Å². The summed E-state index contributed by atoms with van der Waals surface area (Å²) in [7, 11) is -2.63. The fraction of sp³-hybridized carbons (Fsp3) is 0.188. The number of amides is 1. The molecule has 0 radical (unpaired) electrons. The van der Waals surface area contributed by atoms with Crippen LogP contribution in [0, 0.1) is 0 Å². The van der Waals surface area contributed by atoms with Crippen LogP contribution in [0.1, 0.15) is 12.5 Å². The van der Waals surface area contributed by atoms with Crippen LogP contribution in [0.5, 0.6) is 5.75 Å². The maximum Gasteiger partial charge on any atom is 0.243 e. The highest BCUT2D eigenvalue weighted by Gasteiger charge is 2.38. The Morgan fingerprint density at radius 2 is 1.83 bits per heavy atom. The van der Waals surface area contributed by atoms with Gasteiger partial charge in [0.1, 0.15) is 11.3 Å². The first-order chi connectivity index (χ1) is 11.2. The van der Waals surface area contributed by atoms with Crippen LogP contribution >= 0.6 is 11.6 Å². The number of carbonyl (C=O) groups excluding carboxylic acids is 1. The van der Waals surface area contributed by atoms with Gasteiger partial charge in [0.15, 0.2) is 0 Å². The minimum Gasteiger partial charge on any atom is -0.495 e. The van der Waals surface area contributed by atoms with E-state index >= 15 is 0 Å². The second-order valence-electron chi connectivity index (χ2n) is 5.26. The molecule has 2 aromatic rings. The molecule has 0 fully saturated rings. The van der Waals surface area contributed by atoms with Crippen molar-refractivity contribution in [2.24, 2.45) is 5.73 Å². The first-order valence-corrected chi connectivity index (χ1v) is 8.80. The summed E-state index contributed by atoms with van der Waals surface area (Å²) in [5.41, 5.74) is 4.28. The van der Waals surface area contributed by atoms with E-state index in [1.807, 2.05) is 0 Å². The zero-order chi connectivity index (χ0) is 18.0. The fourth-order valence-corrected chi connectivity index (χ4v) is 3.88. The second kappa shape index (κ2) is 6.80. The molecule has 0 bridgehead atoms. The van der Waals surface area contributed by atoms with Crippen LogP contribution in [0.15, 0.2) is 53.4 Å². The smallest absolute Gasteiger partial charge is 0.243 e. The van der Waals surface area contributed by atoms with E-state index < -0.39 is 21.5 Å². The monoisotopic (exact) mass is 368 g/mol. The van der Waals surface area contributed by atoms with Crippen LogP contribution in [-0.4, -0.2) is 21.4 Å². The van der Waals surface area contributed by atoms with Crippen molar-refractivity contribution in [3.05, 3.63) is 59.1 Å². The van der Waals surface area contributed by atoms with Crippen LogP contribution < -0.4 is 15.2 Å². The number of hydrogen-bond donors (Lipinski definition) is 2. The number of ether oxygens (including phenoxy) is 1. The third kappa shape index (κ3) is 3.53. The van der Waals surface area contributed by atoms with Gasteiger partial charge < -0.3 is 10.5 Å². The third-order valence-corrected chi connectivity index (χ3v) is 5.46. The van der Waals surface area contributed by atoms with Crippen molar-refractivity contribution >= 4 is 27.5 Å². The maximum absolute atomic E-state index is 12.7. The normalized spacial score (nSPS) is 14.0. The summed E-state index contributed by atoms with van der Waals surface area (Å²) >= 11 is 5.98. The fourth-order valence-electron chi connectivity index (χ4n) is 2.16. The highest BCUT2D eigenvalue weighted by molar-refractivity contribution is 7.89. The Labute approximate surface area is 145 Å². The summed E-state index contributed by atoms with van der Waals surface area (Å²) in [6.45, 7) is 1.41. The molecule has 0 aromatic heterocycles. The largest absolute Gasteiger partial charge is 0.495 e. The van der Waals surface area contributed by atoms with E-state index in [2.05, 4.69) is 4.72 Å². The molecule has 3 N–H and O–H groups in total. The molecule has 128 valence electrons. The van der Waals surface area contributed by atoms with Crippen molar-refractivity contribution in [3.63, 3.8) is 0 Å². The van der Waals surface area contributed by atoms with E-state index in [1.54, 1.807) is 30.3 Å². The summed E-state index contributed by atoms with van der Waals surface area (Å²) in [5.74, 6) is -0.478. The first-order valence-electron chi connectivity index (χ1n) is 6.93. The van der Waals surface area contributed by atoms with Gasteiger partial charge in [0.2, 0.25) is 15.9 Å². The molecule has 0 aliphatic carbocycles. The average Bonchev–Trinajstić information content (AvgIpc) is 2.55. The number of sulfonamides is 1. The third-order valence-electron chi connectivity index (χ3n) is 3.62. The number of primary amides is 1. The summed E-state index contributed by atoms with van der Waals surface area (Å²) in [5, 5.41) is 0.140. The molecule has 24 heavy (non-hydrogen) atoms. The lowest BCUT2D eigenvalue weighted by molar-refractivity contribution is -0.123. The van der Waals surface area contributed by atoms with Gasteiger partial charge in [-0.25, -0.2) is 8.42 Å². The molecule has 0 unspecified atom stereocenters. The Balaban J connectivity index is 2.46. The quantitative estimate of drug-likeness (QED) is 0.814. The van der Waals surface area contributed by atoms with E-state index in [4.69, 9.17) is 22.1 Å². The van der Waals surface area contributed by atoms with E-state index in [1.165, 1.54) is 32.2 Å². The Morgan fingerprint density at radius 3 is 2.33 bits per heavy atom. The number of nitrogens with one attached hydrogen (secondary N) is 1. The van der Waals surface area contributed by atoms with Crippen molar-refractivity contribution in [1.82, 2.24) is 4.72 Å². The number of methoxy groups -OCH3 is 1. The Morgan fingerprint density at radius 1 is 1.21 bits per heavy atom. The van der Waals surface area contributed by atoms with Crippen molar-refractivity contribution in [2.75, 3.05) is 7.11 Å². The minimum absolute atomic E-state index is 0.100. The molecule has 0 heterocycles. The van der Waals surface area contributed by atoms with Gasteiger partial charge in [0, 0.05) is 0 Å². The molecule has 1 atom stereocenters. The van der Waals surface area contributed by atoms with Crippen LogP contribution in [0.25, 0.3) is 0 Å². The van der Waals surface area contributed by atoms with Gasteiger partial charge in [0.25, 0.3) is 0 Å². The highest BCUT2D eigenvalue weighted by atomic mass is 35.5.